The molecule has 174 valence electrons. The van der Waals surface area contributed by atoms with E-state index in [1.807, 2.05) is 67.6 Å². The van der Waals surface area contributed by atoms with Crippen molar-refractivity contribution in [2.75, 3.05) is 23.9 Å². The number of thiazole rings is 1. The maximum atomic E-state index is 12.8. The summed E-state index contributed by atoms with van der Waals surface area (Å²) >= 11 is 1.01. The SMILES string of the molecule is CCOc1ccc(NC(=O)N(C)c2cccc(-c3ccc(Cc4sc(=O)[nH]c4O)cc3)c2)cc1. The van der Waals surface area contributed by atoms with Crippen molar-refractivity contribution in [3.8, 4) is 22.8 Å². The minimum absolute atomic E-state index is 0.0710. The first-order chi connectivity index (χ1) is 16.4. The van der Waals surface area contributed by atoms with Crippen LogP contribution < -0.4 is 19.8 Å². The zero-order valence-corrected chi connectivity index (χ0v) is 19.7. The molecule has 0 unspecified atom stereocenters. The van der Waals surface area contributed by atoms with Gasteiger partial charge in [-0.25, -0.2) is 4.79 Å². The average Bonchev–Trinajstić information content (AvgIpc) is 3.16. The second-order valence-electron chi connectivity index (χ2n) is 7.66. The number of hydrogen-bond donors (Lipinski definition) is 3. The van der Waals surface area contributed by atoms with Gasteiger partial charge in [0, 0.05) is 24.8 Å². The Hall–Kier alpha value is -4.04. The number of H-pyrrole nitrogens is 1. The van der Waals surface area contributed by atoms with Gasteiger partial charge in [-0.1, -0.05) is 47.7 Å². The molecule has 0 saturated carbocycles. The van der Waals surface area contributed by atoms with Crippen molar-refractivity contribution in [2.24, 2.45) is 0 Å². The van der Waals surface area contributed by atoms with Gasteiger partial charge in [-0.15, -0.1) is 0 Å². The average molecular weight is 476 g/mol. The molecule has 0 bridgehead atoms. The Balaban J connectivity index is 1.44. The lowest BCUT2D eigenvalue weighted by molar-refractivity contribution is 0.258. The largest absolute Gasteiger partial charge is 0.494 e. The van der Waals surface area contributed by atoms with Crippen molar-refractivity contribution >= 4 is 28.7 Å². The maximum Gasteiger partial charge on any atom is 0.326 e. The molecule has 34 heavy (non-hydrogen) atoms. The molecule has 0 spiro atoms. The van der Waals surface area contributed by atoms with E-state index in [2.05, 4.69) is 10.3 Å². The van der Waals surface area contributed by atoms with Crippen LogP contribution >= 0.6 is 11.3 Å². The van der Waals surface area contributed by atoms with Gasteiger partial charge in [-0.2, -0.15) is 0 Å². The molecule has 0 aliphatic rings. The summed E-state index contributed by atoms with van der Waals surface area (Å²) in [6, 6.07) is 22.6. The molecule has 2 amide bonds. The second kappa shape index (κ2) is 10.3. The normalized spacial score (nSPS) is 10.6. The summed E-state index contributed by atoms with van der Waals surface area (Å²) in [7, 11) is 1.72. The third-order valence-corrected chi connectivity index (χ3v) is 6.18. The molecule has 0 atom stereocenters. The van der Waals surface area contributed by atoms with Crippen LogP contribution in [0.4, 0.5) is 16.2 Å². The fraction of sp³-hybridized carbons (Fsp3) is 0.154. The molecule has 0 aliphatic heterocycles. The number of aromatic amines is 1. The molecule has 4 aromatic rings. The molecular weight excluding hydrogens is 450 g/mol. The monoisotopic (exact) mass is 475 g/mol. The van der Waals surface area contributed by atoms with Crippen LogP contribution in [0.15, 0.2) is 77.6 Å². The number of aromatic hydroxyl groups is 1. The number of nitrogens with one attached hydrogen (secondary N) is 2. The topological polar surface area (TPSA) is 94.7 Å². The quantitative estimate of drug-likeness (QED) is 0.330. The van der Waals surface area contributed by atoms with Crippen molar-refractivity contribution in [1.82, 2.24) is 4.98 Å². The predicted octanol–water partition coefficient (Wildman–Crippen LogP) is 5.47. The van der Waals surface area contributed by atoms with Crippen LogP contribution in [-0.4, -0.2) is 29.8 Å². The fourth-order valence-electron chi connectivity index (χ4n) is 3.49. The first-order valence-electron chi connectivity index (χ1n) is 10.8. The highest BCUT2D eigenvalue weighted by Crippen LogP contribution is 2.27. The van der Waals surface area contributed by atoms with Crippen LogP contribution in [0, 0.1) is 0 Å². The molecule has 0 fully saturated rings. The number of urea groups is 1. The molecule has 0 saturated heterocycles. The molecule has 1 heterocycles. The van der Waals surface area contributed by atoms with Gasteiger partial charge in [-0.3, -0.25) is 14.7 Å². The van der Waals surface area contributed by atoms with E-state index in [1.165, 1.54) is 0 Å². The third-order valence-electron chi connectivity index (χ3n) is 5.31. The van der Waals surface area contributed by atoms with Gasteiger partial charge >= 0.3 is 10.9 Å². The van der Waals surface area contributed by atoms with Crippen LogP contribution in [0.25, 0.3) is 11.1 Å². The summed E-state index contributed by atoms with van der Waals surface area (Å²) in [4.78, 5) is 28.4. The Bertz CT molecular complexity index is 1330. The Labute approximate surface area is 201 Å². The van der Waals surface area contributed by atoms with Crippen LogP contribution in [0.5, 0.6) is 11.6 Å². The molecule has 3 aromatic carbocycles. The molecule has 8 heteroatoms. The van der Waals surface area contributed by atoms with E-state index in [0.717, 1.165) is 39.5 Å². The van der Waals surface area contributed by atoms with Gasteiger partial charge in [0.05, 0.1) is 11.5 Å². The summed E-state index contributed by atoms with van der Waals surface area (Å²) in [5, 5.41) is 12.7. The molecule has 7 nitrogen and oxygen atoms in total. The van der Waals surface area contributed by atoms with Crippen LogP contribution in [-0.2, 0) is 6.42 Å². The maximum absolute atomic E-state index is 12.8. The van der Waals surface area contributed by atoms with Crippen molar-refractivity contribution in [1.29, 1.82) is 0 Å². The Kier molecular flexibility index (Phi) is 6.98. The number of carbonyl (C=O) groups is 1. The van der Waals surface area contributed by atoms with Crippen LogP contribution in [0.1, 0.15) is 17.4 Å². The summed E-state index contributed by atoms with van der Waals surface area (Å²) in [5.41, 5.74) is 4.39. The molecule has 0 aliphatic carbocycles. The van der Waals surface area contributed by atoms with Crippen molar-refractivity contribution in [3.05, 3.63) is 92.9 Å². The molecule has 3 N–H and O–H groups in total. The lowest BCUT2D eigenvalue weighted by Gasteiger charge is -2.19. The van der Waals surface area contributed by atoms with E-state index in [0.29, 0.717) is 23.6 Å². The predicted molar refractivity (Wildman–Crippen MR) is 136 cm³/mol. The van der Waals surface area contributed by atoms with Crippen LogP contribution in [0.2, 0.25) is 0 Å². The molecule has 4 rings (SSSR count). The van der Waals surface area contributed by atoms with E-state index in [9.17, 15) is 14.7 Å². The number of carbonyl (C=O) groups excluding carboxylic acids is 1. The standard InChI is InChI=1S/C26H25N3O4S/c1-3-33-22-13-11-20(12-14-22)27-25(31)29(2)21-6-4-5-19(16-21)18-9-7-17(8-10-18)15-23-24(30)28-26(32)34-23/h4-14,16,30H,3,15H2,1-2H3,(H,27,31)(H,28,32). The van der Waals surface area contributed by atoms with Gasteiger partial charge in [0.25, 0.3) is 0 Å². The number of anilines is 2. The Morgan fingerprint density at radius 1 is 1.06 bits per heavy atom. The summed E-state index contributed by atoms with van der Waals surface area (Å²) in [5.74, 6) is 0.687. The van der Waals surface area contributed by atoms with Crippen LogP contribution in [0.3, 0.4) is 0 Å². The van der Waals surface area contributed by atoms with Gasteiger partial charge in [-0.05, 0) is 60.0 Å². The van der Waals surface area contributed by atoms with Crippen molar-refractivity contribution in [2.45, 2.75) is 13.3 Å². The number of hydrogen-bond acceptors (Lipinski definition) is 5. The number of amides is 2. The fourth-order valence-corrected chi connectivity index (χ4v) is 4.25. The number of aromatic nitrogens is 1. The highest BCUT2D eigenvalue weighted by molar-refractivity contribution is 7.09. The van der Waals surface area contributed by atoms with E-state index in [1.54, 1.807) is 24.1 Å². The van der Waals surface area contributed by atoms with Gasteiger partial charge < -0.3 is 15.2 Å². The van der Waals surface area contributed by atoms with E-state index >= 15 is 0 Å². The highest BCUT2D eigenvalue weighted by Gasteiger charge is 2.13. The zero-order valence-electron chi connectivity index (χ0n) is 18.9. The molecule has 0 radical (unpaired) electrons. The van der Waals surface area contributed by atoms with Gasteiger partial charge in [0.15, 0.2) is 0 Å². The summed E-state index contributed by atoms with van der Waals surface area (Å²) < 4.78 is 5.43. The lowest BCUT2D eigenvalue weighted by atomic mass is 10.0. The third kappa shape index (κ3) is 5.47. The highest BCUT2D eigenvalue weighted by atomic mass is 32.1. The number of rotatable bonds is 7. The molecular formula is C26H25N3O4S. The minimum Gasteiger partial charge on any atom is -0.494 e. The smallest absolute Gasteiger partial charge is 0.326 e. The lowest BCUT2D eigenvalue weighted by Crippen LogP contribution is -2.31. The number of nitrogens with zero attached hydrogens (tertiary/aromatic N) is 1. The van der Waals surface area contributed by atoms with Gasteiger partial charge in [0.1, 0.15) is 5.75 Å². The Morgan fingerprint density at radius 2 is 1.79 bits per heavy atom. The summed E-state index contributed by atoms with van der Waals surface area (Å²) in [6.07, 6.45) is 0.476. The van der Waals surface area contributed by atoms with Gasteiger partial charge in [0.2, 0.25) is 5.88 Å². The van der Waals surface area contributed by atoms with Crippen molar-refractivity contribution < 1.29 is 14.6 Å². The minimum atomic E-state index is -0.267. The van der Waals surface area contributed by atoms with E-state index in [4.69, 9.17) is 4.74 Å². The second-order valence-corrected chi connectivity index (χ2v) is 8.72. The van der Waals surface area contributed by atoms with E-state index < -0.39 is 0 Å². The first kappa shape index (κ1) is 23.1. The summed E-state index contributed by atoms with van der Waals surface area (Å²) in [6.45, 7) is 2.51. The molecule has 1 aromatic heterocycles. The Morgan fingerprint density at radius 3 is 2.44 bits per heavy atom. The van der Waals surface area contributed by atoms with Crippen molar-refractivity contribution in [3.63, 3.8) is 0 Å². The first-order valence-corrected chi connectivity index (χ1v) is 11.6. The zero-order chi connectivity index (χ0) is 24.1. The number of benzene rings is 3. The van der Waals surface area contributed by atoms with E-state index in [-0.39, 0.29) is 16.8 Å². The number of ether oxygens (including phenoxy) is 1.